The number of piperidine rings is 1. The number of nitrogens with zero attached hydrogens (tertiary/aromatic N) is 1. The van der Waals surface area contributed by atoms with Crippen molar-refractivity contribution >= 4 is 27.7 Å². The molecule has 6 rings (SSSR count). The largest absolute Gasteiger partial charge is 0.319 e. The third-order valence-electron chi connectivity index (χ3n) is 7.59. The number of fused-ring (bicyclic) bond motifs is 2. The maximum Gasteiger partial charge on any atom is 0.269 e. The summed E-state index contributed by atoms with van der Waals surface area (Å²) in [5.74, 6) is -1.16. The summed E-state index contributed by atoms with van der Waals surface area (Å²) in [6.45, 7) is 6.00. The molecule has 30 heavy (non-hydrogen) atoms. The lowest BCUT2D eigenvalue weighted by atomic mass is 9.57. The van der Waals surface area contributed by atoms with Crippen molar-refractivity contribution in [3.05, 3.63) is 34.3 Å². The van der Waals surface area contributed by atoms with Crippen molar-refractivity contribution in [1.82, 2.24) is 10.4 Å². The molecule has 2 bridgehead atoms. The molecule has 162 valence electrons. The molecule has 1 N–H and O–H groups in total. The molecule has 1 spiro atoms. The van der Waals surface area contributed by atoms with E-state index in [0.717, 1.165) is 23.7 Å². The molecule has 1 aromatic carbocycles. The lowest BCUT2D eigenvalue weighted by molar-refractivity contribution is -0.549. The van der Waals surface area contributed by atoms with E-state index in [1.54, 1.807) is 24.3 Å². The number of benzene rings is 1. The monoisotopic (exact) mass is 478 g/mol. The van der Waals surface area contributed by atoms with Gasteiger partial charge in [0.2, 0.25) is 11.7 Å². The fourth-order valence-corrected chi connectivity index (χ4v) is 6.21. The minimum Gasteiger partial charge on any atom is -0.319 e. The number of ether oxygens (including phenoxy) is 1. The summed E-state index contributed by atoms with van der Waals surface area (Å²) in [6, 6.07) is 7.02. The fourth-order valence-electron chi connectivity index (χ4n) is 5.95. The van der Waals surface area contributed by atoms with E-state index in [1.807, 2.05) is 13.8 Å². The number of nitrogens with one attached hydrogen (secondary N) is 1. The first-order valence-electron chi connectivity index (χ1n) is 10.7. The van der Waals surface area contributed by atoms with Gasteiger partial charge in [0.05, 0.1) is 0 Å². The summed E-state index contributed by atoms with van der Waals surface area (Å²) >= 11 is 3.38. The highest BCUT2D eigenvalue weighted by atomic mass is 79.9. The van der Waals surface area contributed by atoms with Gasteiger partial charge in [-0.1, -0.05) is 29.8 Å². The van der Waals surface area contributed by atoms with Gasteiger partial charge in [-0.05, 0) is 62.3 Å². The van der Waals surface area contributed by atoms with E-state index < -0.39 is 17.6 Å². The van der Waals surface area contributed by atoms with Crippen molar-refractivity contribution in [2.24, 2.45) is 23.7 Å². The first-order valence-corrected chi connectivity index (χ1v) is 11.5. The van der Waals surface area contributed by atoms with Crippen LogP contribution in [0.25, 0.3) is 0 Å². The van der Waals surface area contributed by atoms with E-state index >= 15 is 0 Å². The first kappa shape index (κ1) is 20.4. The molecular weight excluding hydrogens is 452 g/mol. The van der Waals surface area contributed by atoms with Crippen LogP contribution in [0, 0.1) is 23.7 Å². The lowest BCUT2D eigenvalue weighted by Crippen LogP contribution is -2.77. The molecule has 8 heteroatoms. The van der Waals surface area contributed by atoms with Crippen molar-refractivity contribution in [2.45, 2.75) is 64.1 Å². The number of hydrogen-bond acceptors (Lipinski definition) is 5. The predicted octanol–water partition coefficient (Wildman–Crippen LogP) is 3.79. The summed E-state index contributed by atoms with van der Waals surface area (Å²) in [4.78, 5) is 38.4. The van der Waals surface area contributed by atoms with Crippen molar-refractivity contribution in [1.29, 1.82) is 0 Å². The quantitative estimate of drug-likeness (QED) is 0.654. The Bertz CT molecular complexity index is 879. The maximum atomic E-state index is 13.4. The standard InChI is InChI=1S/C22H27BrN2O5/c1-12-4-9-17-13(2)19(27)25(24-18(26)14-5-7-15(23)8-6-14)20-22(17)16(12)10-11-21(3,28-20)29-30-22/h5-8,12-13,16-17,20H,4,9-11H2,1-3H3,(H,24,26)/t12-,13-,16+,17+,20-,21-,22-/m1/s1. The topological polar surface area (TPSA) is 77.1 Å². The molecule has 4 aliphatic heterocycles. The van der Waals surface area contributed by atoms with Crippen molar-refractivity contribution in [3.63, 3.8) is 0 Å². The van der Waals surface area contributed by atoms with Crippen LogP contribution in [0.3, 0.4) is 0 Å². The van der Waals surface area contributed by atoms with Crippen LogP contribution in [0.5, 0.6) is 0 Å². The van der Waals surface area contributed by atoms with E-state index in [1.165, 1.54) is 5.01 Å². The van der Waals surface area contributed by atoms with E-state index in [2.05, 4.69) is 28.3 Å². The van der Waals surface area contributed by atoms with Gasteiger partial charge in [0.15, 0.2) is 11.8 Å². The van der Waals surface area contributed by atoms with Crippen LogP contribution in [-0.4, -0.2) is 34.4 Å². The number of rotatable bonds is 2. The van der Waals surface area contributed by atoms with Crippen molar-refractivity contribution < 1.29 is 24.1 Å². The summed E-state index contributed by atoms with van der Waals surface area (Å²) in [6.07, 6.45) is 2.79. The van der Waals surface area contributed by atoms with Crippen LogP contribution in [0.15, 0.2) is 28.7 Å². The zero-order chi connectivity index (χ0) is 21.3. The smallest absolute Gasteiger partial charge is 0.269 e. The van der Waals surface area contributed by atoms with Crippen LogP contribution in [-0.2, 0) is 19.3 Å². The van der Waals surface area contributed by atoms with Gasteiger partial charge in [-0.3, -0.25) is 15.0 Å². The maximum absolute atomic E-state index is 13.4. The number of hydrogen-bond donors (Lipinski definition) is 1. The number of halogens is 1. The van der Waals surface area contributed by atoms with Gasteiger partial charge in [0.1, 0.15) is 0 Å². The van der Waals surface area contributed by atoms with Crippen LogP contribution in [0.2, 0.25) is 0 Å². The third-order valence-corrected chi connectivity index (χ3v) is 8.12. The number of amides is 2. The highest BCUT2D eigenvalue weighted by molar-refractivity contribution is 9.10. The molecule has 5 aliphatic rings. The molecule has 0 aromatic heterocycles. The summed E-state index contributed by atoms with van der Waals surface area (Å²) in [5.41, 5.74) is 2.51. The molecular formula is C22H27BrN2O5. The Morgan fingerprint density at radius 1 is 1.13 bits per heavy atom. The molecule has 0 radical (unpaired) electrons. The molecule has 1 aromatic rings. The Hall–Kier alpha value is -1.48. The van der Waals surface area contributed by atoms with E-state index in [0.29, 0.717) is 17.9 Å². The summed E-state index contributed by atoms with van der Waals surface area (Å²) in [5, 5.41) is 1.38. The van der Waals surface area contributed by atoms with Crippen molar-refractivity contribution in [3.8, 4) is 0 Å². The zero-order valence-corrected chi connectivity index (χ0v) is 19.0. The summed E-state index contributed by atoms with van der Waals surface area (Å²) < 4.78 is 7.28. The Kier molecular flexibility index (Phi) is 4.78. The normalized spacial score (nSPS) is 42.5. The SMILES string of the molecule is C[C@@H]1CC[C@H]2[C@@H](C)C(=O)N(NC(=O)c3ccc(Br)cc3)[C@@H]3O[C@@]4(C)CC[C@@H]1[C@@]23OO4. The number of carbonyl (C=O) groups is 2. The van der Waals surface area contributed by atoms with Crippen LogP contribution in [0.4, 0.5) is 0 Å². The minimum atomic E-state index is -0.945. The van der Waals surface area contributed by atoms with Crippen LogP contribution < -0.4 is 5.43 Å². The van der Waals surface area contributed by atoms with Crippen LogP contribution in [0.1, 0.15) is 56.8 Å². The molecule has 5 fully saturated rings. The Labute approximate surface area is 184 Å². The van der Waals surface area contributed by atoms with Crippen LogP contribution >= 0.6 is 15.9 Å². The molecule has 0 unspecified atom stereocenters. The van der Waals surface area contributed by atoms with Gasteiger partial charge >= 0.3 is 0 Å². The average Bonchev–Trinajstić information content (AvgIpc) is 2.96. The van der Waals surface area contributed by atoms with Gasteiger partial charge in [-0.15, -0.1) is 0 Å². The molecule has 7 atom stereocenters. The van der Waals surface area contributed by atoms with E-state index in [4.69, 9.17) is 14.5 Å². The van der Waals surface area contributed by atoms with E-state index in [-0.39, 0.29) is 29.6 Å². The van der Waals surface area contributed by atoms with Gasteiger partial charge in [0, 0.05) is 28.3 Å². The van der Waals surface area contributed by atoms with E-state index in [9.17, 15) is 9.59 Å². The predicted molar refractivity (Wildman–Crippen MR) is 110 cm³/mol. The number of carbonyl (C=O) groups excluding carboxylic acids is 2. The molecule has 2 amide bonds. The molecule has 1 aliphatic carbocycles. The Balaban J connectivity index is 1.54. The van der Waals surface area contributed by atoms with Gasteiger partial charge in [-0.25, -0.2) is 14.8 Å². The molecule has 1 saturated carbocycles. The van der Waals surface area contributed by atoms with Gasteiger partial charge in [-0.2, -0.15) is 0 Å². The Morgan fingerprint density at radius 2 is 1.87 bits per heavy atom. The molecule has 4 saturated heterocycles. The average molecular weight is 479 g/mol. The van der Waals surface area contributed by atoms with Gasteiger partial charge < -0.3 is 4.74 Å². The molecule has 4 heterocycles. The van der Waals surface area contributed by atoms with Crippen molar-refractivity contribution in [2.75, 3.05) is 0 Å². The second-order valence-electron chi connectivity index (χ2n) is 9.38. The second kappa shape index (κ2) is 7.02. The zero-order valence-electron chi connectivity index (χ0n) is 17.4. The second-order valence-corrected chi connectivity index (χ2v) is 10.3. The lowest BCUT2D eigenvalue weighted by Gasteiger charge is -2.61. The minimum absolute atomic E-state index is 0.0142. The number of hydrazine groups is 1. The summed E-state index contributed by atoms with van der Waals surface area (Å²) in [7, 11) is 0. The van der Waals surface area contributed by atoms with Gasteiger partial charge in [0.25, 0.3) is 5.91 Å². The first-order chi connectivity index (χ1) is 14.2. The highest BCUT2D eigenvalue weighted by Crippen LogP contribution is 2.60. The third kappa shape index (κ3) is 2.87. The Morgan fingerprint density at radius 3 is 2.60 bits per heavy atom. The highest BCUT2D eigenvalue weighted by Gasteiger charge is 2.71. The molecule has 7 nitrogen and oxygen atoms in total. The fraction of sp³-hybridized carbons (Fsp3) is 0.636.